The first-order valence-electron chi connectivity index (χ1n) is 5.17. The van der Waals surface area contributed by atoms with Gasteiger partial charge in [0.25, 0.3) is 0 Å². The van der Waals surface area contributed by atoms with Crippen LogP contribution in [0.4, 0.5) is 0 Å². The van der Waals surface area contributed by atoms with Gasteiger partial charge >= 0.3 is 0 Å². The lowest BCUT2D eigenvalue weighted by atomic mass is 10.1. The van der Waals surface area contributed by atoms with Crippen LogP contribution >= 0.6 is 0 Å². The average molecular weight is 217 g/mol. The van der Waals surface area contributed by atoms with Crippen molar-refractivity contribution in [2.45, 2.75) is 19.4 Å². The van der Waals surface area contributed by atoms with Crippen molar-refractivity contribution in [3.05, 3.63) is 41.7 Å². The topological polar surface area (TPSA) is 69.6 Å². The Hall–Kier alpha value is -1.75. The summed E-state index contributed by atoms with van der Waals surface area (Å²) in [5.41, 5.74) is 8.25. The molecule has 2 aromatic rings. The maximum atomic E-state index is 6.10. The second kappa shape index (κ2) is 4.40. The van der Waals surface area contributed by atoms with Gasteiger partial charge in [0.15, 0.2) is 0 Å². The molecule has 0 aromatic carbocycles. The average Bonchev–Trinajstić information content (AvgIpc) is 2.64. The summed E-state index contributed by atoms with van der Waals surface area (Å²) in [7, 11) is 1.86. The van der Waals surface area contributed by atoms with Gasteiger partial charge in [0.1, 0.15) is 12.2 Å². The molecule has 0 fully saturated rings. The Kier molecular flexibility index (Phi) is 2.96. The van der Waals surface area contributed by atoms with Crippen LogP contribution in [0.5, 0.6) is 0 Å². The third-order valence-electron chi connectivity index (χ3n) is 2.53. The Morgan fingerprint density at radius 1 is 1.44 bits per heavy atom. The SMILES string of the molecule is Cc1cncc(C(N)Cc2ncnn2C)c1. The molecule has 5 heteroatoms. The highest BCUT2D eigenvalue weighted by molar-refractivity contribution is 5.20. The van der Waals surface area contributed by atoms with Gasteiger partial charge < -0.3 is 5.73 Å². The molecule has 1 unspecified atom stereocenters. The van der Waals surface area contributed by atoms with E-state index in [-0.39, 0.29) is 6.04 Å². The molecule has 2 rings (SSSR count). The molecule has 0 aliphatic heterocycles. The Morgan fingerprint density at radius 2 is 2.25 bits per heavy atom. The standard InChI is InChI=1S/C11H15N5/c1-8-3-9(6-13-5-8)10(12)4-11-14-7-15-16(11)2/h3,5-7,10H,4,12H2,1-2H3. The van der Waals surface area contributed by atoms with Crippen molar-refractivity contribution in [1.29, 1.82) is 0 Å². The van der Waals surface area contributed by atoms with Crippen LogP contribution in [0.1, 0.15) is 23.0 Å². The van der Waals surface area contributed by atoms with Gasteiger partial charge in [-0.15, -0.1) is 0 Å². The predicted molar refractivity (Wildman–Crippen MR) is 60.6 cm³/mol. The molecule has 0 saturated heterocycles. The van der Waals surface area contributed by atoms with E-state index < -0.39 is 0 Å². The van der Waals surface area contributed by atoms with Crippen molar-refractivity contribution in [3.8, 4) is 0 Å². The molecule has 2 N–H and O–H groups in total. The zero-order valence-corrected chi connectivity index (χ0v) is 9.46. The molecule has 5 nitrogen and oxygen atoms in total. The summed E-state index contributed by atoms with van der Waals surface area (Å²) in [6.45, 7) is 2.01. The van der Waals surface area contributed by atoms with Crippen LogP contribution in [-0.4, -0.2) is 19.7 Å². The fraction of sp³-hybridized carbons (Fsp3) is 0.364. The van der Waals surface area contributed by atoms with Crippen LogP contribution in [-0.2, 0) is 13.5 Å². The van der Waals surface area contributed by atoms with Gasteiger partial charge in [-0.2, -0.15) is 5.10 Å². The van der Waals surface area contributed by atoms with Crippen molar-refractivity contribution in [3.63, 3.8) is 0 Å². The summed E-state index contributed by atoms with van der Waals surface area (Å²) in [5, 5.41) is 4.02. The third-order valence-corrected chi connectivity index (χ3v) is 2.53. The van der Waals surface area contributed by atoms with Crippen LogP contribution in [0.15, 0.2) is 24.8 Å². The highest BCUT2D eigenvalue weighted by Gasteiger charge is 2.10. The number of nitrogens with zero attached hydrogens (tertiary/aromatic N) is 4. The van der Waals surface area contributed by atoms with E-state index in [0.29, 0.717) is 6.42 Å². The predicted octanol–water partition coefficient (Wildman–Crippen LogP) is 0.761. The molecule has 84 valence electrons. The molecule has 16 heavy (non-hydrogen) atoms. The number of hydrogen-bond donors (Lipinski definition) is 1. The summed E-state index contributed by atoms with van der Waals surface area (Å²) in [5.74, 6) is 0.883. The number of rotatable bonds is 3. The lowest BCUT2D eigenvalue weighted by Crippen LogP contribution is -2.16. The quantitative estimate of drug-likeness (QED) is 0.824. The zero-order valence-electron chi connectivity index (χ0n) is 9.46. The van der Waals surface area contributed by atoms with Crippen LogP contribution in [0.3, 0.4) is 0 Å². The first-order chi connectivity index (χ1) is 7.66. The molecule has 1 atom stereocenters. The molecule has 2 heterocycles. The zero-order chi connectivity index (χ0) is 11.5. The minimum atomic E-state index is -0.0877. The maximum absolute atomic E-state index is 6.10. The lowest BCUT2D eigenvalue weighted by Gasteiger charge is -2.11. The normalized spacial score (nSPS) is 12.7. The van der Waals surface area contributed by atoms with Crippen molar-refractivity contribution in [2.75, 3.05) is 0 Å². The van der Waals surface area contributed by atoms with Gasteiger partial charge in [0.05, 0.1) is 0 Å². The molecule has 0 aliphatic rings. The summed E-state index contributed by atoms with van der Waals surface area (Å²) >= 11 is 0. The van der Waals surface area contributed by atoms with Crippen LogP contribution in [0, 0.1) is 6.92 Å². The molecule has 0 amide bonds. The van der Waals surface area contributed by atoms with Crippen molar-refractivity contribution in [1.82, 2.24) is 19.7 Å². The summed E-state index contributed by atoms with van der Waals surface area (Å²) < 4.78 is 1.74. The van der Waals surface area contributed by atoms with Crippen molar-refractivity contribution >= 4 is 0 Å². The van der Waals surface area contributed by atoms with E-state index in [4.69, 9.17) is 5.73 Å². The van der Waals surface area contributed by atoms with E-state index in [1.807, 2.05) is 26.2 Å². The van der Waals surface area contributed by atoms with Crippen molar-refractivity contribution in [2.24, 2.45) is 12.8 Å². The Labute approximate surface area is 94.3 Å². The molecular formula is C11H15N5. The fourth-order valence-corrected chi connectivity index (χ4v) is 1.60. The molecule has 0 radical (unpaired) electrons. The number of pyridine rings is 1. The van der Waals surface area contributed by atoms with Gasteiger partial charge in [-0.25, -0.2) is 4.98 Å². The van der Waals surface area contributed by atoms with E-state index in [1.165, 1.54) is 6.33 Å². The van der Waals surface area contributed by atoms with Gasteiger partial charge in [-0.1, -0.05) is 6.07 Å². The minimum Gasteiger partial charge on any atom is -0.324 e. The maximum Gasteiger partial charge on any atom is 0.138 e. The fourth-order valence-electron chi connectivity index (χ4n) is 1.60. The molecule has 0 spiro atoms. The first kappa shape index (κ1) is 10.8. The van der Waals surface area contributed by atoms with E-state index >= 15 is 0 Å². The highest BCUT2D eigenvalue weighted by atomic mass is 15.3. The molecule has 0 saturated carbocycles. The largest absolute Gasteiger partial charge is 0.324 e. The summed E-state index contributed by atoms with van der Waals surface area (Å²) in [4.78, 5) is 8.29. The van der Waals surface area contributed by atoms with E-state index in [0.717, 1.165) is 17.0 Å². The first-order valence-corrected chi connectivity index (χ1v) is 5.17. The van der Waals surface area contributed by atoms with Gasteiger partial charge in [0, 0.05) is 31.9 Å². The second-order valence-electron chi connectivity index (χ2n) is 3.91. The Bertz CT molecular complexity index is 477. The molecule has 0 aliphatic carbocycles. The number of aromatic nitrogens is 4. The van der Waals surface area contributed by atoms with E-state index in [9.17, 15) is 0 Å². The minimum absolute atomic E-state index is 0.0877. The Morgan fingerprint density at radius 3 is 2.88 bits per heavy atom. The molecule has 2 aromatic heterocycles. The van der Waals surface area contributed by atoms with Gasteiger partial charge in [0.2, 0.25) is 0 Å². The molecule has 0 bridgehead atoms. The monoisotopic (exact) mass is 217 g/mol. The highest BCUT2D eigenvalue weighted by Crippen LogP contribution is 2.14. The van der Waals surface area contributed by atoms with Crippen molar-refractivity contribution < 1.29 is 0 Å². The van der Waals surface area contributed by atoms with E-state index in [2.05, 4.69) is 15.1 Å². The van der Waals surface area contributed by atoms with Crippen LogP contribution < -0.4 is 5.73 Å². The number of nitrogens with two attached hydrogens (primary N) is 1. The smallest absolute Gasteiger partial charge is 0.138 e. The number of hydrogen-bond acceptors (Lipinski definition) is 4. The van der Waals surface area contributed by atoms with E-state index in [1.54, 1.807) is 10.9 Å². The molecular weight excluding hydrogens is 202 g/mol. The van der Waals surface area contributed by atoms with Crippen LogP contribution in [0.25, 0.3) is 0 Å². The third kappa shape index (κ3) is 2.25. The van der Waals surface area contributed by atoms with Gasteiger partial charge in [-0.3, -0.25) is 9.67 Å². The van der Waals surface area contributed by atoms with Crippen LogP contribution in [0.2, 0.25) is 0 Å². The summed E-state index contributed by atoms with van der Waals surface area (Å²) in [6.07, 6.45) is 5.82. The summed E-state index contributed by atoms with van der Waals surface area (Å²) in [6, 6.07) is 1.96. The number of aryl methyl sites for hydroxylation is 2. The second-order valence-corrected chi connectivity index (χ2v) is 3.91. The lowest BCUT2D eigenvalue weighted by molar-refractivity contribution is 0.628. The Balaban J connectivity index is 2.14. The van der Waals surface area contributed by atoms with Gasteiger partial charge in [-0.05, 0) is 18.1 Å².